The quantitative estimate of drug-likeness (QED) is 0.322. The Kier molecular flexibility index (Phi) is 2.22. The van der Waals surface area contributed by atoms with Gasteiger partial charge in [-0.2, -0.15) is 0 Å². The molecule has 0 bridgehead atoms. The van der Waals surface area contributed by atoms with Crippen molar-refractivity contribution in [3.63, 3.8) is 0 Å². The number of nitrogens with two attached hydrogens (primary N) is 1. The Morgan fingerprint density at radius 2 is 1.93 bits per heavy atom. The van der Waals surface area contributed by atoms with Gasteiger partial charge in [-0.3, -0.25) is 5.41 Å². The molecule has 0 saturated carbocycles. The van der Waals surface area contributed by atoms with E-state index in [-0.39, 0.29) is 4.73 Å². The molecule has 0 fully saturated rings. The highest BCUT2D eigenvalue weighted by molar-refractivity contribution is 5.44. The van der Waals surface area contributed by atoms with E-state index in [1.807, 2.05) is 0 Å². The summed E-state index contributed by atoms with van der Waals surface area (Å²) in [6, 6.07) is 0. The molecule has 0 aliphatic carbocycles. The molecule has 1 aromatic rings. The summed E-state index contributed by atoms with van der Waals surface area (Å²) in [4.78, 5) is 21.3. The van der Waals surface area contributed by atoms with Crippen molar-refractivity contribution in [3.8, 4) is 0 Å². The lowest BCUT2D eigenvalue weighted by Crippen LogP contribution is -2.26. The fraction of sp³-hybridized carbons (Fsp3) is 0. The van der Waals surface area contributed by atoms with Gasteiger partial charge in [0.2, 0.25) is 0 Å². The monoisotopic (exact) mass is 216 g/mol. The molecular weight excluding hydrogens is 212 g/mol. The second-order valence-electron chi connectivity index (χ2n) is 2.32. The fourth-order valence-electron chi connectivity index (χ4n) is 0.808. The van der Waals surface area contributed by atoms with E-state index in [9.17, 15) is 20.2 Å². The Morgan fingerprint density at radius 1 is 1.40 bits per heavy atom. The maximum absolute atomic E-state index is 10.4. The Morgan fingerprint density at radius 3 is 2.33 bits per heavy atom. The molecule has 0 atom stereocenters. The third-order valence-corrected chi connectivity index (χ3v) is 1.43. The molecule has 11 heteroatoms. The molecular formula is C4H4N6O5. The Bertz CT molecular complexity index is 505. The normalized spacial score (nSPS) is 9.87. The van der Waals surface area contributed by atoms with Gasteiger partial charge in [0, 0.05) is 0 Å². The minimum atomic E-state index is -1.32. The zero-order valence-electron chi connectivity index (χ0n) is 6.95. The van der Waals surface area contributed by atoms with Crippen LogP contribution in [0.1, 0.15) is 0 Å². The zero-order valence-corrected chi connectivity index (χ0v) is 6.95. The van der Waals surface area contributed by atoms with Crippen LogP contribution in [0.4, 0.5) is 17.5 Å². The van der Waals surface area contributed by atoms with Crippen LogP contribution in [-0.2, 0) is 0 Å². The van der Waals surface area contributed by atoms with Crippen molar-refractivity contribution in [1.82, 2.24) is 9.71 Å². The number of rotatable bonds is 2. The van der Waals surface area contributed by atoms with Gasteiger partial charge in [-0.25, -0.2) is 0 Å². The molecule has 0 spiro atoms. The largest absolute Gasteiger partial charge is 0.465 e. The predicted molar refractivity (Wildman–Crippen MR) is 43.0 cm³/mol. The maximum Gasteiger partial charge on any atom is 0.465 e. The molecule has 80 valence electrons. The van der Waals surface area contributed by atoms with Crippen molar-refractivity contribution < 1.29 is 15.1 Å². The molecule has 15 heavy (non-hydrogen) atoms. The Labute approximate surface area is 80.2 Å². The van der Waals surface area contributed by atoms with E-state index >= 15 is 0 Å². The van der Waals surface area contributed by atoms with Crippen LogP contribution >= 0.6 is 0 Å². The molecule has 4 N–H and O–H groups in total. The van der Waals surface area contributed by atoms with Gasteiger partial charge in [0.15, 0.2) is 0 Å². The van der Waals surface area contributed by atoms with E-state index in [2.05, 4.69) is 4.98 Å². The predicted octanol–water partition coefficient (Wildman–Crippen LogP) is -1.00. The lowest BCUT2D eigenvalue weighted by Gasteiger charge is -1.99. The van der Waals surface area contributed by atoms with Gasteiger partial charge in [0.1, 0.15) is 0 Å². The van der Waals surface area contributed by atoms with Gasteiger partial charge in [-0.15, -0.1) is 0 Å². The first-order chi connectivity index (χ1) is 6.86. The van der Waals surface area contributed by atoms with Crippen LogP contribution in [0.5, 0.6) is 0 Å². The van der Waals surface area contributed by atoms with Crippen LogP contribution in [-0.4, -0.2) is 24.8 Å². The number of hydrogen-bond acceptors (Lipinski definition) is 8. The summed E-state index contributed by atoms with van der Waals surface area (Å²) in [7, 11) is 0. The summed E-state index contributed by atoms with van der Waals surface area (Å²) in [5, 5.41) is 36.8. The lowest BCUT2D eigenvalue weighted by molar-refractivity contribution is -0.434. The number of aromatic nitrogens is 2. The van der Waals surface area contributed by atoms with Crippen molar-refractivity contribution in [2.24, 2.45) is 0 Å². The van der Waals surface area contributed by atoms with Crippen LogP contribution in [0.25, 0.3) is 0 Å². The van der Waals surface area contributed by atoms with Crippen LogP contribution in [0, 0.1) is 25.6 Å². The molecule has 0 saturated heterocycles. The van der Waals surface area contributed by atoms with E-state index < -0.39 is 32.8 Å². The standard InChI is InChI=1S/C4H4N6O5/c5-1-2(6)8(11)4(10(14)15)3(7-1)9(12)13/h6,11H,(H2,5,7). The smallest absolute Gasteiger partial charge is 0.358 e. The van der Waals surface area contributed by atoms with Gasteiger partial charge in [0.25, 0.3) is 0 Å². The maximum atomic E-state index is 10.4. The van der Waals surface area contributed by atoms with Gasteiger partial charge < -0.3 is 31.2 Å². The average molecular weight is 216 g/mol. The zero-order chi connectivity index (χ0) is 11.7. The first-order valence-corrected chi connectivity index (χ1v) is 3.31. The summed E-state index contributed by atoms with van der Waals surface area (Å²) in [6.45, 7) is 0. The number of hydrogen-bond donors (Lipinski definition) is 3. The topological polar surface area (TPSA) is 174 Å². The number of nitro groups is 2. The van der Waals surface area contributed by atoms with E-state index in [0.717, 1.165) is 0 Å². The summed E-state index contributed by atoms with van der Waals surface area (Å²) in [5.74, 6) is -3.23. The van der Waals surface area contributed by atoms with Gasteiger partial charge in [0.05, 0.1) is 0 Å². The number of anilines is 1. The second kappa shape index (κ2) is 3.21. The summed E-state index contributed by atoms with van der Waals surface area (Å²) in [6.07, 6.45) is 0. The van der Waals surface area contributed by atoms with Gasteiger partial charge in [-0.05, 0) is 19.6 Å². The van der Waals surface area contributed by atoms with E-state index in [4.69, 9.17) is 16.4 Å². The summed E-state index contributed by atoms with van der Waals surface area (Å²) >= 11 is 0. The molecule has 1 heterocycles. The van der Waals surface area contributed by atoms with Gasteiger partial charge >= 0.3 is 22.9 Å². The molecule has 0 aromatic carbocycles. The number of nitrogens with one attached hydrogen (secondary N) is 1. The van der Waals surface area contributed by atoms with Crippen LogP contribution in [0.2, 0.25) is 0 Å². The van der Waals surface area contributed by atoms with Gasteiger partial charge in [-0.1, -0.05) is 0 Å². The average Bonchev–Trinajstić information content (AvgIpc) is 2.12. The molecule has 0 amide bonds. The van der Waals surface area contributed by atoms with E-state index in [1.165, 1.54) is 0 Å². The number of nitrogen functional groups attached to an aromatic ring is 1. The van der Waals surface area contributed by atoms with Crippen molar-refractivity contribution in [3.05, 3.63) is 25.7 Å². The molecule has 11 nitrogen and oxygen atoms in total. The van der Waals surface area contributed by atoms with E-state index in [0.29, 0.717) is 0 Å². The first kappa shape index (κ1) is 10.4. The minimum absolute atomic E-state index is 0.305. The first-order valence-electron chi connectivity index (χ1n) is 3.31. The summed E-state index contributed by atoms with van der Waals surface area (Å²) in [5.41, 5.74) is 4.13. The molecule has 0 unspecified atom stereocenters. The molecule has 0 aliphatic rings. The second-order valence-corrected chi connectivity index (χ2v) is 2.32. The van der Waals surface area contributed by atoms with Crippen molar-refractivity contribution in [2.75, 3.05) is 5.73 Å². The molecule has 0 radical (unpaired) electrons. The molecule has 1 rings (SSSR count). The van der Waals surface area contributed by atoms with Crippen molar-refractivity contribution in [1.29, 1.82) is 5.41 Å². The van der Waals surface area contributed by atoms with Crippen LogP contribution in [0.3, 0.4) is 0 Å². The van der Waals surface area contributed by atoms with E-state index in [1.54, 1.807) is 0 Å². The number of nitrogens with zero attached hydrogens (tertiary/aromatic N) is 4. The third-order valence-electron chi connectivity index (χ3n) is 1.43. The minimum Gasteiger partial charge on any atom is -0.358 e. The van der Waals surface area contributed by atoms with Crippen LogP contribution < -0.4 is 11.2 Å². The molecule has 0 aliphatic heterocycles. The third kappa shape index (κ3) is 1.52. The SMILES string of the molecule is N=c1c(N)nc([N+](=O)[O-])c([N+](=O)[O-])n1O. The molecule has 1 aromatic heterocycles. The highest BCUT2D eigenvalue weighted by Crippen LogP contribution is 2.21. The highest BCUT2D eigenvalue weighted by Gasteiger charge is 2.33. The van der Waals surface area contributed by atoms with Crippen LogP contribution in [0.15, 0.2) is 0 Å². The summed E-state index contributed by atoms with van der Waals surface area (Å²) < 4.78 is -0.305. The Balaban J connectivity index is 3.74. The Hall–Kier alpha value is -2.72. The highest BCUT2D eigenvalue weighted by atomic mass is 16.6. The van der Waals surface area contributed by atoms with Crippen molar-refractivity contribution in [2.45, 2.75) is 0 Å². The fourth-order valence-corrected chi connectivity index (χ4v) is 0.808. The lowest BCUT2D eigenvalue weighted by atomic mass is 10.5. The van der Waals surface area contributed by atoms with Crippen molar-refractivity contribution >= 4 is 17.5 Å².